The first-order valence-electron chi connectivity index (χ1n) is 6.05. The minimum absolute atomic E-state index is 0.105. The van der Waals surface area contributed by atoms with Gasteiger partial charge in [-0.05, 0) is 25.0 Å². The van der Waals surface area contributed by atoms with Gasteiger partial charge in [-0.25, -0.2) is 4.98 Å². The third kappa shape index (κ3) is 3.53. The van der Waals surface area contributed by atoms with Crippen molar-refractivity contribution in [2.24, 2.45) is 0 Å². The van der Waals surface area contributed by atoms with E-state index >= 15 is 0 Å². The van der Waals surface area contributed by atoms with Crippen LogP contribution in [0, 0.1) is 0 Å². The summed E-state index contributed by atoms with van der Waals surface area (Å²) in [6.07, 6.45) is 4.36. The van der Waals surface area contributed by atoms with Crippen LogP contribution in [0.25, 0.3) is 0 Å². The predicted molar refractivity (Wildman–Crippen MR) is 68.4 cm³/mol. The SMILES string of the molecule is CCC(CC)N(CCO)c1ccc(C=O)cn1. The largest absolute Gasteiger partial charge is 0.395 e. The van der Waals surface area contributed by atoms with Crippen molar-refractivity contribution in [2.45, 2.75) is 32.7 Å². The first-order valence-corrected chi connectivity index (χ1v) is 6.05. The molecule has 0 saturated heterocycles. The first-order chi connectivity index (χ1) is 8.26. The zero-order valence-electron chi connectivity index (χ0n) is 10.5. The van der Waals surface area contributed by atoms with Crippen LogP contribution in [0.1, 0.15) is 37.0 Å². The maximum atomic E-state index is 10.6. The van der Waals surface area contributed by atoms with Crippen LogP contribution in [0.15, 0.2) is 18.3 Å². The number of anilines is 1. The van der Waals surface area contributed by atoms with Crippen LogP contribution in [-0.2, 0) is 0 Å². The van der Waals surface area contributed by atoms with Crippen molar-refractivity contribution in [3.05, 3.63) is 23.9 Å². The van der Waals surface area contributed by atoms with E-state index in [9.17, 15) is 4.79 Å². The van der Waals surface area contributed by atoms with Crippen molar-refractivity contribution >= 4 is 12.1 Å². The van der Waals surface area contributed by atoms with E-state index in [1.165, 1.54) is 0 Å². The van der Waals surface area contributed by atoms with E-state index in [4.69, 9.17) is 5.11 Å². The average Bonchev–Trinajstić information content (AvgIpc) is 2.39. The lowest BCUT2D eigenvalue weighted by molar-refractivity contribution is 0.112. The van der Waals surface area contributed by atoms with Crippen LogP contribution in [0.5, 0.6) is 0 Å². The second kappa shape index (κ2) is 7.01. The summed E-state index contributed by atoms with van der Waals surface area (Å²) in [7, 11) is 0. The van der Waals surface area contributed by atoms with Crippen LogP contribution in [-0.4, -0.2) is 35.6 Å². The molecule has 94 valence electrons. The summed E-state index contributed by atoms with van der Waals surface area (Å²) in [5.41, 5.74) is 0.572. The summed E-state index contributed by atoms with van der Waals surface area (Å²) in [6, 6.07) is 3.96. The fraction of sp³-hybridized carbons (Fsp3) is 0.538. The molecule has 1 N–H and O–H groups in total. The summed E-state index contributed by atoms with van der Waals surface area (Å²) < 4.78 is 0. The number of carbonyl (C=O) groups is 1. The number of nitrogens with zero attached hydrogens (tertiary/aromatic N) is 2. The fourth-order valence-corrected chi connectivity index (χ4v) is 1.96. The van der Waals surface area contributed by atoms with Crippen LogP contribution in [0.3, 0.4) is 0 Å². The Kier molecular flexibility index (Phi) is 5.63. The highest BCUT2D eigenvalue weighted by molar-refractivity contribution is 5.74. The van der Waals surface area contributed by atoms with Gasteiger partial charge in [-0.15, -0.1) is 0 Å². The highest BCUT2D eigenvalue weighted by atomic mass is 16.3. The lowest BCUT2D eigenvalue weighted by atomic mass is 10.1. The molecule has 0 saturated carbocycles. The highest BCUT2D eigenvalue weighted by Crippen LogP contribution is 2.17. The molecule has 4 heteroatoms. The van der Waals surface area contributed by atoms with Gasteiger partial charge in [0.05, 0.1) is 6.61 Å². The lowest BCUT2D eigenvalue weighted by Crippen LogP contribution is -2.37. The maximum absolute atomic E-state index is 10.6. The van der Waals surface area contributed by atoms with Gasteiger partial charge in [0.2, 0.25) is 0 Å². The third-order valence-corrected chi connectivity index (χ3v) is 2.93. The first kappa shape index (κ1) is 13.6. The van der Waals surface area contributed by atoms with Gasteiger partial charge < -0.3 is 10.0 Å². The zero-order valence-corrected chi connectivity index (χ0v) is 10.5. The van der Waals surface area contributed by atoms with Crippen molar-refractivity contribution in [3.8, 4) is 0 Å². The summed E-state index contributed by atoms with van der Waals surface area (Å²) in [5.74, 6) is 0.818. The summed E-state index contributed by atoms with van der Waals surface area (Å²) in [5, 5.41) is 9.11. The van der Waals surface area contributed by atoms with Crippen LogP contribution < -0.4 is 4.90 Å². The molecule has 0 atom stereocenters. The van der Waals surface area contributed by atoms with E-state index in [1.807, 2.05) is 6.07 Å². The smallest absolute Gasteiger partial charge is 0.151 e. The number of aliphatic hydroxyl groups is 1. The maximum Gasteiger partial charge on any atom is 0.151 e. The zero-order chi connectivity index (χ0) is 12.7. The molecular formula is C13H20N2O2. The van der Waals surface area contributed by atoms with Crippen LogP contribution in [0.2, 0.25) is 0 Å². The van der Waals surface area contributed by atoms with E-state index in [-0.39, 0.29) is 6.61 Å². The Hall–Kier alpha value is -1.42. The lowest BCUT2D eigenvalue weighted by Gasteiger charge is -2.31. The summed E-state index contributed by atoms with van der Waals surface area (Å²) in [6.45, 7) is 4.92. The number of aldehydes is 1. The number of carbonyl (C=O) groups excluding carboxylic acids is 1. The topological polar surface area (TPSA) is 53.4 Å². The molecule has 0 bridgehead atoms. The highest BCUT2D eigenvalue weighted by Gasteiger charge is 2.16. The van der Waals surface area contributed by atoms with E-state index in [1.54, 1.807) is 12.3 Å². The van der Waals surface area contributed by atoms with Gasteiger partial charge in [0.25, 0.3) is 0 Å². The average molecular weight is 236 g/mol. The molecule has 0 radical (unpaired) electrons. The molecule has 0 spiro atoms. The van der Waals surface area contributed by atoms with Crippen molar-refractivity contribution in [3.63, 3.8) is 0 Å². The molecule has 1 rings (SSSR count). The van der Waals surface area contributed by atoms with Gasteiger partial charge in [0.15, 0.2) is 6.29 Å². The van der Waals surface area contributed by atoms with Crippen molar-refractivity contribution < 1.29 is 9.90 Å². The van der Waals surface area contributed by atoms with E-state index < -0.39 is 0 Å². The van der Waals surface area contributed by atoms with Gasteiger partial charge in [-0.1, -0.05) is 13.8 Å². The van der Waals surface area contributed by atoms with Gasteiger partial charge in [-0.2, -0.15) is 0 Å². The van der Waals surface area contributed by atoms with E-state index in [2.05, 4.69) is 23.7 Å². The van der Waals surface area contributed by atoms with Crippen LogP contribution >= 0.6 is 0 Å². The standard InChI is InChI=1S/C13H20N2O2/c1-3-12(4-2)15(7-8-16)13-6-5-11(10-17)9-14-13/h5-6,9-10,12,16H,3-4,7-8H2,1-2H3. The second-order valence-corrected chi connectivity index (χ2v) is 3.95. The molecule has 1 aromatic rings. The second-order valence-electron chi connectivity index (χ2n) is 3.95. The number of aliphatic hydroxyl groups excluding tert-OH is 1. The Morgan fingerprint density at radius 1 is 1.41 bits per heavy atom. The van der Waals surface area contributed by atoms with Gasteiger partial charge >= 0.3 is 0 Å². The molecule has 0 unspecified atom stereocenters. The van der Waals surface area contributed by atoms with E-state index in [0.717, 1.165) is 24.9 Å². The molecule has 0 aliphatic heterocycles. The van der Waals surface area contributed by atoms with Crippen molar-refractivity contribution in [2.75, 3.05) is 18.1 Å². The Bertz CT molecular complexity index is 334. The Morgan fingerprint density at radius 2 is 2.12 bits per heavy atom. The Labute approximate surface area is 102 Å². The quantitative estimate of drug-likeness (QED) is 0.734. The van der Waals surface area contributed by atoms with Gasteiger partial charge in [-0.3, -0.25) is 4.79 Å². The predicted octanol–water partition coefficient (Wildman–Crippen LogP) is 1.88. The van der Waals surface area contributed by atoms with Gasteiger partial charge in [0.1, 0.15) is 5.82 Å². The monoisotopic (exact) mass is 236 g/mol. The molecule has 0 fully saturated rings. The molecule has 17 heavy (non-hydrogen) atoms. The van der Waals surface area contributed by atoms with Crippen LogP contribution in [0.4, 0.5) is 5.82 Å². The Morgan fingerprint density at radius 3 is 2.53 bits per heavy atom. The third-order valence-electron chi connectivity index (χ3n) is 2.93. The molecule has 1 heterocycles. The molecule has 0 aliphatic rings. The summed E-state index contributed by atoms with van der Waals surface area (Å²) >= 11 is 0. The fourth-order valence-electron chi connectivity index (χ4n) is 1.96. The summed E-state index contributed by atoms with van der Waals surface area (Å²) in [4.78, 5) is 16.9. The van der Waals surface area contributed by atoms with E-state index in [0.29, 0.717) is 18.2 Å². The minimum Gasteiger partial charge on any atom is -0.395 e. The number of rotatable bonds is 7. The van der Waals surface area contributed by atoms with Crippen molar-refractivity contribution in [1.82, 2.24) is 4.98 Å². The number of aromatic nitrogens is 1. The Balaban J connectivity index is 2.91. The molecule has 0 aliphatic carbocycles. The minimum atomic E-state index is 0.105. The molecule has 0 amide bonds. The normalized spacial score (nSPS) is 10.6. The molecule has 0 aromatic carbocycles. The molecule has 4 nitrogen and oxygen atoms in total. The molecule has 1 aromatic heterocycles. The van der Waals surface area contributed by atoms with Gasteiger partial charge in [0, 0.05) is 24.3 Å². The molecular weight excluding hydrogens is 216 g/mol. The number of hydrogen-bond acceptors (Lipinski definition) is 4. The number of hydrogen-bond donors (Lipinski definition) is 1. The van der Waals surface area contributed by atoms with Crippen molar-refractivity contribution in [1.29, 1.82) is 0 Å². The number of pyridine rings is 1.